The Labute approximate surface area is 137 Å². The monoisotopic (exact) mass is 324 g/mol. The Balaban J connectivity index is 1.72. The topological polar surface area (TPSA) is 64.3 Å². The second-order valence-electron chi connectivity index (χ2n) is 5.32. The van der Waals surface area contributed by atoms with Crippen molar-refractivity contribution in [2.24, 2.45) is 0 Å². The Hall–Kier alpha value is -2.67. The smallest absolute Gasteiger partial charge is 0.177 e. The summed E-state index contributed by atoms with van der Waals surface area (Å²) in [5, 5.41) is 10.9. The van der Waals surface area contributed by atoms with Crippen LogP contribution in [0.4, 0.5) is 0 Å². The van der Waals surface area contributed by atoms with Crippen LogP contribution in [0.2, 0.25) is 0 Å². The lowest BCUT2D eigenvalue weighted by Gasteiger charge is -2.00. The summed E-state index contributed by atoms with van der Waals surface area (Å²) in [6.07, 6.45) is 5.50. The van der Waals surface area contributed by atoms with E-state index in [0.717, 1.165) is 34.8 Å². The number of nitrogens with one attached hydrogen (secondary N) is 1. The van der Waals surface area contributed by atoms with Gasteiger partial charge in [-0.2, -0.15) is 10.2 Å². The van der Waals surface area contributed by atoms with Gasteiger partial charge in [-0.3, -0.25) is 4.68 Å². The van der Waals surface area contributed by atoms with Crippen molar-refractivity contribution in [1.29, 1.82) is 0 Å². The number of aromatic nitrogens is 6. The molecule has 0 fully saturated rings. The van der Waals surface area contributed by atoms with Gasteiger partial charge in [0.2, 0.25) is 0 Å². The quantitative estimate of drug-likeness (QED) is 0.573. The minimum atomic E-state index is 0.693. The summed E-state index contributed by atoms with van der Waals surface area (Å²) in [6, 6.07) is 4.16. The second-order valence-corrected chi connectivity index (χ2v) is 6.35. The first kappa shape index (κ1) is 14.0. The van der Waals surface area contributed by atoms with Gasteiger partial charge in [-0.15, -0.1) is 17.9 Å². The number of fused-ring (bicyclic) bond motifs is 1. The first-order valence-corrected chi connectivity index (χ1v) is 8.22. The van der Waals surface area contributed by atoms with E-state index >= 15 is 0 Å². The summed E-state index contributed by atoms with van der Waals surface area (Å²) < 4.78 is 3.83. The molecular weight excluding hydrogens is 308 g/mol. The molecule has 0 unspecified atom stereocenters. The number of thiophene rings is 1. The number of allylic oxidation sites excluding steroid dienone is 1. The van der Waals surface area contributed by atoms with Crippen LogP contribution in [0.25, 0.3) is 22.6 Å². The minimum absolute atomic E-state index is 0.693. The van der Waals surface area contributed by atoms with E-state index in [1.54, 1.807) is 11.3 Å². The maximum atomic E-state index is 4.73. The van der Waals surface area contributed by atoms with Gasteiger partial charge in [0.1, 0.15) is 11.3 Å². The van der Waals surface area contributed by atoms with Gasteiger partial charge >= 0.3 is 0 Å². The zero-order valence-corrected chi connectivity index (χ0v) is 13.5. The van der Waals surface area contributed by atoms with Gasteiger partial charge in [0, 0.05) is 10.6 Å². The van der Waals surface area contributed by atoms with E-state index in [-0.39, 0.29) is 0 Å². The van der Waals surface area contributed by atoms with Crippen molar-refractivity contribution in [3.05, 3.63) is 53.1 Å². The maximum absolute atomic E-state index is 4.73. The van der Waals surface area contributed by atoms with Gasteiger partial charge in [-0.25, -0.2) is 9.67 Å². The number of hydrogen-bond donors (Lipinski definition) is 1. The average Bonchev–Trinajstić information content (AvgIpc) is 3.28. The van der Waals surface area contributed by atoms with Gasteiger partial charge in [0.15, 0.2) is 5.65 Å². The Morgan fingerprint density at radius 3 is 2.96 bits per heavy atom. The lowest BCUT2D eigenvalue weighted by Crippen LogP contribution is -2.00. The molecule has 0 aliphatic rings. The largest absolute Gasteiger partial charge is 0.335 e. The molecule has 0 saturated heterocycles. The van der Waals surface area contributed by atoms with E-state index in [4.69, 9.17) is 4.98 Å². The SMILES string of the molecule is C=CCn1ncc(-c2nc3c(cnn3Cc3cccs3)[nH]2)c1C. The van der Waals surface area contributed by atoms with Gasteiger partial charge < -0.3 is 4.98 Å². The summed E-state index contributed by atoms with van der Waals surface area (Å²) in [5.74, 6) is 0.824. The molecule has 1 N–H and O–H groups in total. The fraction of sp³-hybridized carbons (Fsp3) is 0.188. The third-order valence-corrected chi connectivity index (χ3v) is 4.69. The van der Waals surface area contributed by atoms with Crippen LogP contribution in [0.1, 0.15) is 10.6 Å². The van der Waals surface area contributed by atoms with E-state index < -0.39 is 0 Å². The highest BCUT2D eigenvalue weighted by Gasteiger charge is 2.15. The molecule has 0 atom stereocenters. The normalized spacial score (nSPS) is 11.3. The molecule has 0 aliphatic carbocycles. The number of nitrogens with zero attached hydrogens (tertiary/aromatic N) is 5. The van der Waals surface area contributed by atoms with E-state index in [9.17, 15) is 0 Å². The molecule has 0 saturated carbocycles. The molecule has 4 rings (SSSR count). The van der Waals surface area contributed by atoms with Gasteiger partial charge in [0.25, 0.3) is 0 Å². The molecule has 4 aromatic heterocycles. The van der Waals surface area contributed by atoms with Crippen molar-refractivity contribution < 1.29 is 0 Å². The molecule has 0 spiro atoms. The predicted molar refractivity (Wildman–Crippen MR) is 91.5 cm³/mol. The summed E-state index contributed by atoms with van der Waals surface area (Å²) >= 11 is 1.72. The van der Waals surface area contributed by atoms with Gasteiger partial charge in [-0.05, 0) is 18.4 Å². The summed E-state index contributed by atoms with van der Waals surface area (Å²) in [5.41, 5.74) is 3.88. The van der Waals surface area contributed by atoms with Crippen molar-refractivity contribution in [3.8, 4) is 11.4 Å². The number of hydrogen-bond acceptors (Lipinski definition) is 4. The number of rotatable bonds is 5. The van der Waals surface area contributed by atoms with Crippen LogP contribution < -0.4 is 0 Å². The molecule has 6 nitrogen and oxygen atoms in total. The Kier molecular flexibility index (Phi) is 3.34. The van der Waals surface area contributed by atoms with E-state index in [2.05, 4.69) is 33.2 Å². The van der Waals surface area contributed by atoms with Crippen LogP contribution in [0.15, 0.2) is 42.6 Å². The molecule has 0 aromatic carbocycles. The maximum Gasteiger partial charge on any atom is 0.177 e. The van der Waals surface area contributed by atoms with E-state index in [1.807, 2.05) is 40.8 Å². The molecule has 4 heterocycles. The van der Waals surface area contributed by atoms with Crippen LogP contribution in [0.5, 0.6) is 0 Å². The zero-order valence-electron chi connectivity index (χ0n) is 12.7. The molecule has 0 aliphatic heterocycles. The lowest BCUT2D eigenvalue weighted by molar-refractivity contribution is 0.680. The Morgan fingerprint density at radius 1 is 1.30 bits per heavy atom. The highest BCUT2D eigenvalue weighted by Crippen LogP contribution is 2.24. The third kappa shape index (κ3) is 2.39. The fourth-order valence-electron chi connectivity index (χ4n) is 2.63. The lowest BCUT2D eigenvalue weighted by atomic mass is 10.2. The average molecular weight is 324 g/mol. The highest BCUT2D eigenvalue weighted by atomic mass is 32.1. The van der Waals surface area contributed by atoms with Crippen molar-refractivity contribution in [2.75, 3.05) is 0 Å². The number of aromatic amines is 1. The first-order chi connectivity index (χ1) is 11.3. The van der Waals surface area contributed by atoms with Crippen LogP contribution in [-0.2, 0) is 13.1 Å². The molecule has 0 radical (unpaired) electrons. The summed E-state index contributed by atoms with van der Waals surface area (Å²) in [6.45, 7) is 7.23. The van der Waals surface area contributed by atoms with Crippen molar-refractivity contribution in [1.82, 2.24) is 29.5 Å². The fourth-order valence-corrected chi connectivity index (χ4v) is 3.31. The standard InChI is InChI=1S/C16H16N6S/c1-3-6-21-11(2)13(8-17-21)15-19-14-9-18-22(16(14)20-15)10-12-5-4-7-23-12/h3-5,7-9H,1,6,10H2,2H3,(H,19,20). The molecule has 116 valence electrons. The van der Waals surface area contributed by atoms with Gasteiger partial charge in [-0.1, -0.05) is 12.1 Å². The third-order valence-electron chi connectivity index (χ3n) is 3.83. The van der Waals surface area contributed by atoms with Crippen molar-refractivity contribution in [2.45, 2.75) is 20.0 Å². The van der Waals surface area contributed by atoms with Crippen molar-refractivity contribution in [3.63, 3.8) is 0 Å². The first-order valence-electron chi connectivity index (χ1n) is 7.34. The molecule has 23 heavy (non-hydrogen) atoms. The van der Waals surface area contributed by atoms with Crippen LogP contribution in [-0.4, -0.2) is 29.5 Å². The Bertz CT molecular complexity index is 956. The molecule has 0 amide bonds. The second kappa shape index (κ2) is 5.51. The molecule has 0 bridgehead atoms. The highest BCUT2D eigenvalue weighted by molar-refractivity contribution is 7.09. The van der Waals surface area contributed by atoms with Crippen LogP contribution in [0, 0.1) is 6.92 Å². The summed E-state index contributed by atoms with van der Waals surface area (Å²) in [4.78, 5) is 9.32. The summed E-state index contributed by atoms with van der Waals surface area (Å²) in [7, 11) is 0. The van der Waals surface area contributed by atoms with Gasteiger partial charge in [0.05, 0.1) is 31.0 Å². The van der Waals surface area contributed by atoms with E-state index in [1.165, 1.54) is 4.88 Å². The molecular formula is C16H16N6S. The Morgan fingerprint density at radius 2 is 2.17 bits per heavy atom. The molecule has 7 heteroatoms. The number of H-pyrrole nitrogens is 1. The number of imidazole rings is 1. The molecule has 4 aromatic rings. The minimum Gasteiger partial charge on any atom is -0.335 e. The van der Waals surface area contributed by atoms with Crippen molar-refractivity contribution >= 4 is 22.5 Å². The zero-order chi connectivity index (χ0) is 15.8. The van der Waals surface area contributed by atoms with Crippen LogP contribution >= 0.6 is 11.3 Å². The van der Waals surface area contributed by atoms with Crippen LogP contribution in [0.3, 0.4) is 0 Å². The predicted octanol–water partition coefficient (Wildman–Crippen LogP) is 3.23. The van der Waals surface area contributed by atoms with E-state index in [0.29, 0.717) is 6.54 Å².